The highest BCUT2D eigenvalue weighted by Crippen LogP contribution is 2.38. The van der Waals surface area contributed by atoms with Gasteiger partial charge in [0.15, 0.2) is 5.78 Å². The number of allylic oxidation sites excluding steroid dienone is 6. The van der Waals surface area contributed by atoms with Crippen LogP contribution in [0.5, 0.6) is 0 Å². The van der Waals surface area contributed by atoms with Gasteiger partial charge in [-0.25, -0.2) is 4.79 Å². The molecule has 3 fully saturated rings. The number of Topliss-reactive ketones (excluding diaryl/α,β-unsaturated/α-hetero) is 3. The van der Waals surface area contributed by atoms with Gasteiger partial charge < -0.3 is 43.9 Å². The van der Waals surface area contributed by atoms with Gasteiger partial charge in [0.2, 0.25) is 5.79 Å². The number of hydrogen-bond acceptors (Lipinski definition) is 13. The number of ether oxygens (including phenoxy) is 5. The molecular weight excluding hydrogens is 823 g/mol. The summed E-state index contributed by atoms with van der Waals surface area (Å²) in [6.45, 7) is 12.7. The van der Waals surface area contributed by atoms with Crippen molar-refractivity contribution in [2.75, 3.05) is 27.9 Å². The van der Waals surface area contributed by atoms with Gasteiger partial charge in [-0.15, -0.1) is 0 Å². The fourth-order valence-electron chi connectivity index (χ4n) is 9.95. The first-order valence-corrected chi connectivity index (χ1v) is 23.4. The van der Waals surface area contributed by atoms with E-state index in [1.165, 1.54) is 7.11 Å². The van der Waals surface area contributed by atoms with Crippen LogP contribution in [0.15, 0.2) is 47.6 Å². The second-order valence-corrected chi connectivity index (χ2v) is 19.2. The summed E-state index contributed by atoms with van der Waals surface area (Å²) in [6, 6.07) is -1.13. The maximum Gasteiger partial charge on any atom is 0.329 e. The minimum atomic E-state index is -2.42. The molecule has 4 aliphatic rings. The monoisotopic (exact) mass is 900 g/mol. The molecule has 14 nitrogen and oxygen atoms in total. The average molecular weight is 900 g/mol. The molecule has 0 aromatic carbocycles. The minimum absolute atomic E-state index is 0.0199. The summed E-state index contributed by atoms with van der Waals surface area (Å²) in [7, 11) is 4.51. The quantitative estimate of drug-likeness (QED) is 0.165. The van der Waals surface area contributed by atoms with E-state index < -0.39 is 83.9 Å². The summed E-state index contributed by atoms with van der Waals surface area (Å²) in [5, 5.41) is 33.7. The molecule has 360 valence electrons. The van der Waals surface area contributed by atoms with Crippen molar-refractivity contribution in [1.29, 1.82) is 0 Å². The second-order valence-electron chi connectivity index (χ2n) is 19.2. The minimum Gasteiger partial charge on any atom is -0.460 e. The third-order valence-electron chi connectivity index (χ3n) is 14.2. The number of amides is 1. The molecule has 15 unspecified atom stereocenters. The number of aliphatic hydroxyl groups is 3. The lowest BCUT2D eigenvalue weighted by Gasteiger charge is -2.41. The molecule has 0 aromatic heterocycles. The Kier molecular flexibility index (Phi) is 20.3. The molecule has 2 saturated heterocycles. The highest BCUT2D eigenvalue weighted by molar-refractivity contribution is 6.39. The highest BCUT2D eigenvalue weighted by atomic mass is 16.6. The topological polar surface area (TPSA) is 195 Å². The lowest BCUT2D eigenvalue weighted by atomic mass is 9.78. The Morgan fingerprint density at radius 1 is 0.859 bits per heavy atom. The summed E-state index contributed by atoms with van der Waals surface area (Å²) in [6.07, 6.45) is 10.5. The van der Waals surface area contributed by atoms with Crippen molar-refractivity contribution in [3.05, 3.63) is 47.6 Å². The smallest absolute Gasteiger partial charge is 0.329 e. The van der Waals surface area contributed by atoms with E-state index in [0.717, 1.165) is 16.9 Å². The van der Waals surface area contributed by atoms with Crippen molar-refractivity contribution in [3.8, 4) is 0 Å². The van der Waals surface area contributed by atoms with Crippen LogP contribution in [-0.4, -0.2) is 132 Å². The number of rotatable bonds is 6. The number of aliphatic hydroxyl groups excluding tert-OH is 2. The Morgan fingerprint density at radius 2 is 1.58 bits per heavy atom. The fraction of sp³-hybridized carbons (Fsp3) is 0.740. The van der Waals surface area contributed by atoms with Crippen molar-refractivity contribution in [3.63, 3.8) is 0 Å². The molecular formula is C50H77NO13. The van der Waals surface area contributed by atoms with E-state index in [4.69, 9.17) is 23.7 Å². The maximum atomic E-state index is 14.2. The Morgan fingerprint density at radius 3 is 2.25 bits per heavy atom. The van der Waals surface area contributed by atoms with Crippen LogP contribution in [-0.2, 0) is 47.7 Å². The van der Waals surface area contributed by atoms with Gasteiger partial charge in [0.25, 0.3) is 11.7 Å². The summed E-state index contributed by atoms with van der Waals surface area (Å²) >= 11 is 0. The number of ketones is 3. The zero-order chi connectivity index (χ0) is 47.5. The van der Waals surface area contributed by atoms with Gasteiger partial charge in [-0.2, -0.15) is 0 Å². The highest BCUT2D eigenvalue weighted by Gasteiger charge is 2.53. The molecule has 14 heteroatoms. The Bertz CT molecular complexity index is 1740. The normalized spacial score (nSPS) is 40.7. The van der Waals surface area contributed by atoms with Crippen LogP contribution < -0.4 is 0 Å². The Labute approximate surface area is 380 Å². The van der Waals surface area contributed by atoms with E-state index in [-0.39, 0.29) is 54.8 Å². The molecule has 3 heterocycles. The van der Waals surface area contributed by atoms with Crippen LogP contribution >= 0.6 is 0 Å². The maximum absolute atomic E-state index is 14.2. The lowest BCUT2D eigenvalue weighted by molar-refractivity contribution is -0.265. The number of carbonyl (C=O) groups is 5. The van der Waals surface area contributed by atoms with Gasteiger partial charge in [-0.3, -0.25) is 19.2 Å². The molecule has 64 heavy (non-hydrogen) atoms. The van der Waals surface area contributed by atoms with Crippen LogP contribution in [0.4, 0.5) is 0 Å². The van der Waals surface area contributed by atoms with Gasteiger partial charge in [0.1, 0.15) is 30.1 Å². The van der Waals surface area contributed by atoms with Gasteiger partial charge in [-0.1, -0.05) is 71.1 Å². The predicted octanol–water partition coefficient (Wildman–Crippen LogP) is 5.79. The number of nitrogens with zero attached hydrogens (tertiary/aromatic N) is 1. The molecule has 1 saturated carbocycles. The van der Waals surface area contributed by atoms with Gasteiger partial charge in [-0.05, 0) is 101 Å². The van der Waals surface area contributed by atoms with Crippen LogP contribution in [0.25, 0.3) is 0 Å². The van der Waals surface area contributed by atoms with Gasteiger partial charge in [0.05, 0.1) is 24.4 Å². The first-order valence-electron chi connectivity index (χ1n) is 23.4. The van der Waals surface area contributed by atoms with Crippen LogP contribution in [0.2, 0.25) is 0 Å². The average Bonchev–Trinajstić information content (AvgIpc) is 3.76. The molecule has 0 aromatic rings. The van der Waals surface area contributed by atoms with E-state index in [2.05, 4.69) is 0 Å². The summed E-state index contributed by atoms with van der Waals surface area (Å²) in [5.41, 5.74) is 1.26. The largest absolute Gasteiger partial charge is 0.460 e. The number of hydrogen-bond donors (Lipinski definition) is 3. The third-order valence-corrected chi connectivity index (χ3v) is 14.2. The van der Waals surface area contributed by atoms with E-state index in [1.807, 2.05) is 58.1 Å². The molecule has 3 N–H and O–H groups in total. The van der Waals surface area contributed by atoms with Crippen LogP contribution in [0.1, 0.15) is 119 Å². The van der Waals surface area contributed by atoms with Crippen molar-refractivity contribution >= 4 is 29.2 Å². The summed E-state index contributed by atoms with van der Waals surface area (Å²) < 4.78 is 29.2. The van der Waals surface area contributed by atoms with E-state index in [1.54, 1.807) is 41.1 Å². The van der Waals surface area contributed by atoms with Crippen LogP contribution in [0, 0.1) is 35.5 Å². The van der Waals surface area contributed by atoms with Crippen LogP contribution in [0.3, 0.4) is 0 Å². The molecule has 4 rings (SSSR count). The molecule has 1 aliphatic carbocycles. The zero-order valence-corrected chi connectivity index (χ0v) is 39.9. The number of carbonyl (C=O) groups excluding carboxylic acids is 5. The predicted molar refractivity (Wildman–Crippen MR) is 241 cm³/mol. The molecule has 3 aliphatic heterocycles. The molecule has 1 amide bonds. The number of esters is 1. The Balaban J connectivity index is 1.68. The summed E-state index contributed by atoms with van der Waals surface area (Å²) in [4.78, 5) is 71.2. The van der Waals surface area contributed by atoms with Gasteiger partial charge in [0, 0.05) is 58.5 Å². The Hall–Kier alpha value is -3.37. The number of methoxy groups -OCH3 is 3. The number of fused-ring (bicyclic) bond motifs is 3. The van der Waals surface area contributed by atoms with E-state index >= 15 is 0 Å². The van der Waals surface area contributed by atoms with E-state index in [0.29, 0.717) is 56.9 Å². The standard InChI is InChI=1S/C50H77NO13/c1-29-15-12-11-13-16-30(2)41(60-8)27-37-20-18-35(7)50(59,64-37)47(56)48(57)51-22-14-17-38(51)49(58)63-42(32(4)25-36-19-21-39(52)43(26-36)61-9)28-40(53)31(3)24-34(6)45(55)46(62-10)44(54)33(5)23-29/h11-13,15-16,24,29,31-33,35-39,41-43,45-46,52,55,59H,14,17-23,25-28H2,1-10H3/b13-11+,15-12-,30-16+,34-24-. The SMILES string of the molecule is COC1CC2CCC(C)C(O)(O2)C(=O)C(=O)N2CCCC2C(=O)OC(C(C)CC2CCC(O)C(OC)C2)CC(=O)C(C)/C=C(/C)C(O)C(OC)C(=O)C(C)CC(C)\C=C/C=C/C=C/1C. The molecule has 2 bridgehead atoms. The second kappa shape index (κ2) is 24.4. The molecule has 0 spiro atoms. The zero-order valence-electron chi connectivity index (χ0n) is 39.9. The van der Waals surface area contributed by atoms with Gasteiger partial charge >= 0.3 is 5.97 Å². The molecule has 0 radical (unpaired) electrons. The van der Waals surface area contributed by atoms with Crippen molar-refractivity contribution in [1.82, 2.24) is 4.90 Å². The fourth-order valence-corrected chi connectivity index (χ4v) is 9.95. The lowest BCUT2D eigenvalue weighted by Crippen LogP contribution is -2.59. The van der Waals surface area contributed by atoms with Crippen molar-refractivity contribution in [2.45, 2.75) is 174 Å². The van der Waals surface area contributed by atoms with E-state index in [9.17, 15) is 39.3 Å². The first-order chi connectivity index (χ1) is 30.2. The summed E-state index contributed by atoms with van der Waals surface area (Å²) in [5.74, 6) is -7.97. The number of cyclic esters (lactones) is 1. The molecule has 15 atom stereocenters. The third kappa shape index (κ3) is 13.6. The van der Waals surface area contributed by atoms with Crippen molar-refractivity contribution in [2.24, 2.45) is 35.5 Å². The van der Waals surface area contributed by atoms with Crippen molar-refractivity contribution < 1.29 is 63.0 Å². The first kappa shape index (κ1) is 53.2.